The first kappa shape index (κ1) is 21.5. The lowest BCUT2D eigenvalue weighted by molar-refractivity contribution is -0.133. The van der Waals surface area contributed by atoms with Crippen molar-refractivity contribution in [3.63, 3.8) is 0 Å². The quantitative estimate of drug-likeness (QED) is 0.717. The molecule has 0 saturated carbocycles. The van der Waals surface area contributed by atoms with E-state index < -0.39 is 0 Å². The molecule has 5 nitrogen and oxygen atoms in total. The second kappa shape index (κ2) is 9.51. The molecule has 3 rings (SSSR count). The first-order chi connectivity index (χ1) is 13.8. The van der Waals surface area contributed by atoms with Gasteiger partial charge in [-0.3, -0.25) is 9.59 Å². The van der Waals surface area contributed by atoms with E-state index in [-0.39, 0.29) is 18.4 Å². The van der Waals surface area contributed by atoms with Crippen LogP contribution in [0, 0.1) is 13.8 Å². The van der Waals surface area contributed by atoms with Gasteiger partial charge in [0.05, 0.1) is 10.0 Å². The zero-order valence-electron chi connectivity index (χ0n) is 16.6. The maximum absolute atomic E-state index is 12.8. The second-order valence-electron chi connectivity index (χ2n) is 7.19. The minimum atomic E-state index is -0.107. The molecule has 0 radical (unpaired) electrons. The van der Waals surface area contributed by atoms with Gasteiger partial charge in [0.25, 0.3) is 11.8 Å². The van der Waals surface area contributed by atoms with Gasteiger partial charge in [-0.2, -0.15) is 0 Å². The maximum Gasteiger partial charge on any atom is 0.260 e. The van der Waals surface area contributed by atoms with Crippen molar-refractivity contribution in [3.8, 4) is 5.75 Å². The highest BCUT2D eigenvalue weighted by atomic mass is 35.5. The van der Waals surface area contributed by atoms with Crippen molar-refractivity contribution in [2.45, 2.75) is 20.3 Å². The van der Waals surface area contributed by atoms with Crippen LogP contribution in [0.1, 0.15) is 27.9 Å². The average Bonchev–Trinajstić information content (AvgIpc) is 2.96. The van der Waals surface area contributed by atoms with Crippen molar-refractivity contribution in [3.05, 3.63) is 63.1 Å². The van der Waals surface area contributed by atoms with Gasteiger partial charge < -0.3 is 14.5 Å². The van der Waals surface area contributed by atoms with Crippen LogP contribution in [0.2, 0.25) is 10.0 Å². The minimum Gasteiger partial charge on any atom is -0.484 e. The van der Waals surface area contributed by atoms with Gasteiger partial charge in [-0.1, -0.05) is 29.3 Å². The van der Waals surface area contributed by atoms with Crippen LogP contribution in [0.15, 0.2) is 36.4 Å². The zero-order chi connectivity index (χ0) is 21.0. The van der Waals surface area contributed by atoms with Crippen molar-refractivity contribution in [2.75, 3.05) is 32.8 Å². The zero-order valence-corrected chi connectivity index (χ0v) is 18.1. The highest BCUT2D eigenvalue weighted by Crippen LogP contribution is 2.23. The molecule has 0 atom stereocenters. The van der Waals surface area contributed by atoms with Crippen LogP contribution in [0.3, 0.4) is 0 Å². The molecule has 29 heavy (non-hydrogen) atoms. The third-order valence-corrected chi connectivity index (χ3v) is 5.88. The molecule has 2 aromatic rings. The molecule has 1 fully saturated rings. The van der Waals surface area contributed by atoms with E-state index in [0.29, 0.717) is 54.0 Å². The number of aryl methyl sites for hydroxylation is 2. The Morgan fingerprint density at radius 3 is 2.34 bits per heavy atom. The molecule has 154 valence electrons. The van der Waals surface area contributed by atoms with Crippen LogP contribution in [-0.2, 0) is 4.79 Å². The molecule has 7 heteroatoms. The second-order valence-corrected chi connectivity index (χ2v) is 8.00. The molecule has 2 amide bonds. The Bertz CT molecular complexity index is 917. The molecule has 0 spiro atoms. The highest BCUT2D eigenvalue weighted by Gasteiger charge is 2.23. The highest BCUT2D eigenvalue weighted by molar-refractivity contribution is 6.42. The molecular formula is C22H24Cl2N2O3. The fraction of sp³-hybridized carbons (Fsp3) is 0.364. The third kappa shape index (κ3) is 5.43. The minimum absolute atomic E-state index is 0.0107. The molecule has 0 aliphatic carbocycles. The van der Waals surface area contributed by atoms with E-state index in [9.17, 15) is 9.59 Å². The molecule has 1 aliphatic rings. The SMILES string of the molecule is Cc1ccc(OCC(=O)N2CCCN(C(=O)c3ccc(Cl)c(Cl)c3)CC2)cc1C. The Morgan fingerprint density at radius 1 is 0.897 bits per heavy atom. The fourth-order valence-corrected chi connectivity index (χ4v) is 3.52. The summed E-state index contributed by atoms with van der Waals surface area (Å²) in [5.74, 6) is 0.504. The summed E-state index contributed by atoms with van der Waals surface area (Å²) < 4.78 is 5.67. The van der Waals surface area contributed by atoms with Crippen molar-refractivity contribution in [1.29, 1.82) is 0 Å². The van der Waals surface area contributed by atoms with Gasteiger partial charge in [0.1, 0.15) is 5.75 Å². The first-order valence-corrected chi connectivity index (χ1v) is 10.3. The largest absolute Gasteiger partial charge is 0.484 e. The summed E-state index contributed by atoms with van der Waals surface area (Å²) >= 11 is 12.0. The number of ether oxygens (including phenoxy) is 1. The number of halogens is 2. The number of nitrogens with zero attached hydrogens (tertiary/aromatic N) is 2. The smallest absolute Gasteiger partial charge is 0.260 e. The van der Waals surface area contributed by atoms with Gasteiger partial charge in [0.15, 0.2) is 6.61 Å². The number of hydrogen-bond donors (Lipinski definition) is 0. The predicted molar refractivity (Wildman–Crippen MR) is 115 cm³/mol. The average molecular weight is 435 g/mol. The number of rotatable bonds is 4. The van der Waals surface area contributed by atoms with Crippen LogP contribution >= 0.6 is 23.2 Å². The van der Waals surface area contributed by atoms with E-state index in [2.05, 4.69) is 0 Å². The number of carbonyl (C=O) groups is 2. The van der Waals surface area contributed by atoms with Gasteiger partial charge in [0.2, 0.25) is 0 Å². The van der Waals surface area contributed by atoms with Gasteiger partial charge >= 0.3 is 0 Å². The summed E-state index contributed by atoms with van der Waals surface area (Å²) in [6.07, 6.45) is 0.711. The molecule has 1 aliphatic heterocycles. The number of benzene rings is 2. The summed E-state index contributed by atoms with van der Waals surface area (Å²) in [6, 6.07) is 10.7. The Labute approximate surface area is 181 Å². The van der Waals surface area contributed by atoms with Crippen molar-refractivity contribution in [2.24, 2.45) is 0 Å². The van der Waals surface area contributed by atoms with E-state index in [4.69, 9.17) is 27.9 Å². The van der Waals surface area contributed by atoms with Crippen LogP contribution < -0.4 is 4.74 Å². The maximum atomic E-state index is 12.8. The van der Waals surface area contributed by atoms with Crippen molar-refractivity contribution >= 4 is 35.0 Å². The van der Waals surface area contributed by atoms with Gasteiger partial charge in [0, 0.05) is 31.7 Å². The normalized spacial score (nSPS) is 14.5. The van der Waals surface area contributed by atoms with Crippen molar-refractivity contribution < 1.29 is 14.3 Å². The Morgan fingerprint density at radius 2 is 1.62 bits per heavy atom. The molecule has 1 heterocycles. The third-order valence-electron chi connectivity index (χ3n) is 5.14. The molecule has 0 N–H and O–H groups in total. The number of amides is 2. The van der Waals surface area contributed by atoms with E-state index in [1.807, 2.05) is 32.0 Å². The lowest BCUT2D eigenvalue weighted by Crippen LogP contribution is -2.39. The standard InChI is InChI=1S/C22H24Cl2N2O3/c1-15-4-6-18(12-16(15)2)29-14-21(27)25-8-3-9-26(11-10-25)22(28)17-5-7-19(23)20(24)13-17/h4-7,12-13H,3,8-11,14H2,1-2H3. The summed E-state index contributed by atoms with van der Waals surface area (Å²) in [6.45, 7) is 6.16. The van der Waals surface area contributed by atoms with E-state index in [1.54, 1.807) is 28.0 Å². The Balaban J connectivity index is 1.55. The van der Waals surface area contributed by atoms with Crippen LogP contribution in [0.4, 0.5) is 0 Å². The molecule has 2 aromatic carbocycles. The Kier molecular flexibility index (Phi) is 7.04. The fourth-order valence-electron chi connectivity index (χ4n) is 3.22. The van der Waals surface area contributed by atoms with Gasteiger partial charge in [-0.05, 0) is 61.7 Å². The van der Waals surface area contributed by atoms with E-state index in [0.717, 1.165) is 5.56 Å². The molecule has 1 saturated heterocycles. The summed E-state index contributed by atoms with van der Waals surface area (Å²) in [5.41, 5.74) is 2.81. The summed E-state index contributed by atoms with van der Waals surface area (Å²) in [4.78, 5) is 28.8. The predicted octanol–water partition coefficient (Wildman–Crippen LogP) is 4.36. The summed E-state index contributed by atoms with van der Waals surface area (Å²) in [7, 11) is 0. The topological polar surface area (TPSA) is 49.9 Å². The van der Waals surface area contributed by atoms with E-state index >= 15 is 0 Å². The van der Waals surface area contributed by atoms with Gasteiger partial charge in [-0.25, -0.2) is 0 Å². The van der Waals surface area contributed by atoms with Gasteiger partial charge in [-0.15, -0.1) is 0 Å². The molecule has 0 unspecified atom stereocenters. The van der Waals surface area contributed by atoms with Crippen LogP contribution in [0.25, 0.3) is 0 Å². The monoisotopic (exact) mass is 434 g/mol. The first-order valence-electron chi connectivity index (χ1n) is 9.57. The van der Waals surface area contributed by atoms with E-state index in [1.165, 1.54) is 5.56 Å². The molecule has 0 bridgehead atoms. The number of hydrogen-bond acceptors (Lipinski definition) is 3. The molecule has 0 aromatic heterocycles. The number of carbonyl (C=O) groups excluding carboxylic acids is 2. The molecular weight excluding hydrogens is 411 g/mol. The van der Waals surface area contributed by atoms with Crippen LogP contribution in [0.5, 0.6) is 5.75 Å². The Hall–Kier alpha value is -2.24. The van der Waals surface area contributed by atoms with Crippen LogP contribution in [-0.4, -0.2) is 54.4 Å². The lowest BCUT2D eigenvalue weighted by atomic mass is 10.1. The lowest BCUT2D eigenvalue weighted by Gasteiger charge is -2.22. The van der Waals surface area contributed by atoms with Crippen molar-refractivity contribution in [1.82, 2.24) is 9.80 Å². The summed E-state index contributed by atoms with van der Waals surface area (Å²) in [5, 5.41) is 0.771.